The van der Waals surface area contributed by atoms with E-state index in [1.807, 2.05) is 18.2 Å². The Morgan fingerprint density at radius 3 is 1.65 bits per heavy atom. The lowest BCUT2D eigenvalue weighted by atomic mass is 10.3. The summed E-state index contributed by atoms with van der Waals surface area (Å²) >= 11 is 0. The molecular formula is C19H17N3O3S. The Morgan fingerprint density at radius 2 is 1.08 bits per heavy atom. The van der Waals surface area contributed by atoms with Gasteiger partial charge < -0.3 is 10.6 Å². The van der Waals surface area contributed by atoms with Gasteiger partial charge in [-0.05, 0) is 48.5 Å². The minimum atomic E-state index is -3.64. The third-order valence-electron chi connectivity index (χ3n) is 3.48. The molecule has 3 aromatic rings. The van der Waals surface area contributed by atoms with E-state index in [9.17, 15) is 13.2 Å². The number of anilines is 3. The molecule has 0 saturated carbocycles. The molecular weight excluding hydrogens is 350 g/mol. The fourth-order valence-electron chi connectivity index (χ4n) is 2.25. The molecule has 3 rings (SSSR count). The Morgan fingerprint density at radius 1 is 0.615 bits per heavy atom. The van der Waals surface area contributed by atoms with Crippen molar-refractivity contribution in [2.45, 2.75) is 4.90 Å². The van der Waals surface area contributed by atoms with Crippen molar-refractivity contribution >= 4 is 33.1 Å². The van der Waals surface area contributed by atoms with E-state index in [2.05, 4.69) is 15.4 Å². The maximum absolute atomic E-state index is 12.3. The van der Waals surface area contributed by atoms with Crippen molar-refractivity contribution in [2.24, 2.45) is 0 Å². The number of hydrogen-bond acceptors (Lipinski definition) is 3. The summed E-state index contributed by atoms with van der Waals surface area (Å²) in [5.41, 5.74) is 1.63. The van der Waals surface area contributed by atoms with Gasteiger partial charge in [0.25, 0.3) is 10.0 Å². The summed E-state index contributed by atoms with van der Waals surface area (Å²) in [4.78, 5) is 12.1. The van der Waals surface area contributed by atoms with Crippen LogP contribution < -0.4 is 15.4 Å². The summed E-state index contributed by atoms with van der Waals surface area (Å²) in [7, 11) is -3.64. The highest BCUT2D eigenvalue weighted by Crippen LogP contribution is 2.18. The van der Waals surface area contributed by atoms with Crippen LogP contribution in [0.3, 0.4) is 0 Å². The number of para-hydroxylation sites is 1. The number of rotatable bonds is 5. The Bertz CT molecular complexity index is 974. The van der Waals surface area contributed by atoms with Crippen molar-refractivity contribution in [3.63, 3.8) is 0 Å². The van der Waals surface area contributed by atoms with Gasteiger partial charge in [0.15, 0.2) is 0 Å². The molecule has 0 radical (unpaired) electrons. The highest BCUT2D eigenvalue weighted by Gasteiger charge is 2.13. The highest BCUT2D eigenvalue weighted by molar-refractivity contribution is 7.92. The first-order valence-corrected chi connectivity index (χ1v) is 9.32. The summed E-state index contributed by atoms with van der Waals surface area (Å²) < 4.78 is 27.1. The van der Waals surface area contributed by atoms with E-state index in [1.54, 1.807) is 54.6 Å². The van der Waals surface area contributed by atoms with E-state index < -0.39 is 10.0 Å². The van der Waals surface area contributed by atoms with Gasteiger partial charge in [0, 0.05) is 17.1 Å². The minimum absolute atomic E-state index is 0.185. The van der Waals surface area contributed by atoms with Gasteiger partial charge in [0.1, 0.15) is 0 Å². The summed E-state index contributed by atoms with van der Waals surface area (Å²) in [6, 6.07) is 23.2. The van der Waals surface area contributed by atoms with Crippen molar-refractivity contribution < 1.29 is 13.2 Å². The summed E-state index contributed by atoms with van der Waals surface area (Å²) in [5.74, 6) is 0. The van der Waals surface area contributed by atoms with Crippen LogP contribution in [0.15, 0.2) is 89.8 Å². The average molecular weight is 367 g/mol. The van der Waals surface area contributed by atoms with Crippen LogP contribution in [0.4, 0.5) is 21.9 Å². The number of carbonyl (C=O) groups excluding carboxylic acids is 1. The van der Waals surface area contributed by atoms with Gasteiger partial charge in [0.05, 0.1) is 4.90 Å². The molecule has 0 bridgehead atoms. The molecule has 0 heterocycles. The van der Waals surface area contributed by atoms with Crippen LogP contribution in [0.1, 0.15) is 0 Å². The van der Waals surface area contributed by atoms with Crippen molar-refractivity contribution in [3.05, 3.63) is 84.9 Å². The molecule has 0 aliphatic carbocycles. The zero-order valence-electron chi connectivity index (χ0n) is 13.7. The predicted molar refractivity (Wildman–Crippen MR) is 103 cm³/mol. The fraction of sp³-hybridized carbons (Fsp3) is 0. The van der Waals surface area contributed by atoms with Gasteiger partial charge in [-0.3, -0.25) is 4.72 Å². The first-order valence-electron chi connectivity index (χ1n) is 7.84. The Hall–Kier alpha value is -3.32. The lowest BCUT2D eigenvalue weighted by molar-refractivity contribution is 0.262. The molecule has 0 unspecified atom stereocenters. The molecule has 0 saturated heterocycles. The molecule has 0 aliphatic rings. The van der Waals surface area contributed by atoms with Crippen LogP contribution in [-0.4, -0.2) is 14.4 Å². The molecule has 6 nitrogen and oxygen atoms in total. The Kier molecular flexibility index (Phi) is 5.19. The van der Waals surface area contributed by atoms with Crippen LogP contribution in [-0.2, 0) is 10.0 Å². The van der Waals surface area contributed by atoms with Gasteiger partial charge >= 0.3 is 6.03 Å². The maximum atomic E-state index is 12.3. The maximum Gasteiger partial charge on any atom is 0.323 e. The predicted octanol–water partition coefficient (Wildman–Crippen LogP) is 4.13. The second-order valence-electron chi connectivity index (χ2n) is 5.44. The molecule has 0 atom stereocenters. The molecule has 132 valence electrons. The molecule has 7 heteroatoms. The van der Waals surface area contributed by atoms with Gasteiger partial charge in [-0.15, -0.1) is 0 Å². The van der Waals surface area contributed by atoms with E-state index in [0.29, 0.717) is 17.1 Å². The van der Waals surface area contributed by atoms with Crippen molar-refractivity contribution in [2.75, 3.05) is 15.4 Å². The fourth-order valence-corrected chi connectivity index (χ4v) is 3.33. The van der Waals surface area contributed by atoms with Crippen molar-refractivity contribution in [1.82, 2.24) is 0 Å². The van der Waals surface area contributed by atoms with Crippen LogP contribution in [0, 0.1) is 0 Å². The first kappa shape index (κ1) is 17.5. The second-order valence-corrected chi connectivity index (χ2v) is 7.12. The number of benzene rings is 3. The van der Waals surface area contributed by atoms with Crippen molar-refractivity contribution in [1.29, 1.82) is 0 Å². The number of carbonyl (C=O) groups is 1. The molecule has 3 N–H and O–H groups in total. The van der Waals surface area contributed by atoms with Crippen molar-refractivity contribution in [3.8, 4) is 0 Å². The number of nitrogens with one attached hydrogen (secondary N) is 3. The lowest BCUT2D eigenvalue weighted by Gasteiger charge is -2.10. The summed E-state index contributed by atoms with van der Waals surface area (Å²) in [6.07, 6.45) is 0. The largest absolute Gasteiger partial charge is 0.323 e. The average Bonchev–Trinajstić information content (AvgIpc) is 2.65. The molecule has 3 aromatic carbocycles. The van der Waals surface area contributed by atoms with E-state index in [4.69, 9.17) is 0 Å². The van der Waals surface area contributed by atoms with Gasteiger partial charge in [-0.2, -0.15) is 0 Å². The first-order chi connectivity index (χ1) is 12.5. The summed E-state index contributed by atoms with van der Waals surface area (Å²) in [6.45, 7) is 0. The lowest BCUT2D eigenvalue weighted by Crippen LogP contribution is -2.19. The molecule has 0 fully saturated rings. The second kappa shape index (κ2) is 7.71. The van der Waals surface area contributed by atoms with Gasteiger partial charge in [0.2, 0.25) is 0 Å². The van der Waals surface area contributed by atoms with Gasteiger partial charge in [-0.1, -0.05) is 36.4 Å². The number of amides is 2. The molecule has 2 amide bonds. The normalized spacial score (nSPS) is 10.8. The molecule has 0 aliphatic heterocycles. The smallest absolute Gasteiger partial charge is 0.308 e. The molecule has 0 aromatic heterocycles. The standard InChI is InChI=1S/C19H17N3O3S/c23-19(20-15-7-3-1-4-8-15)21-16-11-13-17(14-12-16)22-26(24,25)18-9-5-2-6-10-18/h1-14,22H,(H2,20,21,23). The summed E-state index contributed by atoms with van der Waals surface area (Å²) in [5, 5.41) is 5.39. The van der Waals surface area contributed by atoms with Crippen LogP contribution in [0.25, 0.3) is 0 Å². The van der Waals surface area contributed by atoms with E-state index >= 15 is 0 Å². The zero-order chi connectivity index (χ0) is 18.4. The third-order valence-corrected chi connectivity index (χ3v) is 4.88. The number of urea groups is 1. The number of sulfonamides is 1. The Labute approximate surface area is 151 Å². The zero-order valence-corrected chi connectivity index (χ0v) is 14.5. The number of hydrogen-bond donors (Lipinski definition) is 3. The SMILES string of the molecule is O=C(Nc1ccccc1)Nc1ccc(NS(=O)(=O)c2ccccc2)cc1. The topological polar surface area (TPSA) is 87.3 Å². The monoisotopic (exact) mass is 367 g/mol. The van der Waals surface area contributed by atoms with E-state index in [0.717, 1.165) is 0 Å². The minimum Gasteiger partial charge on any atom is -0.308 e. The quantitative estimate of drug-likeness (QED) is 0.633. The van der Waals surface area contributed by atoms with Crippen LogP contribution >= 0.6 is 0 Å². The van der Waals surface area contributed by atoms with Crippen LogP contribution in [0.5, 0.6) is 0 Å². The van der Waals surface area contributed by atoms with Gasteiger partial charge in [-0.25, -0.2) is 13.2 Å². The van der Waals surface area contributed by atoms with E-state index in [-0.39, 0.29) is 10.9 Å². The Balaban J connectivity index is 1.62. The van der Waals surface area contributed by atoms with Crippen LogP contribution in [0.2, 0.25) is 0 Å². The molecule has 26 heavy (non-hydrogen) atoms. The van der Waals surface area contributed by atoms with E-state index in [1.165, 1.54) is 12.1 Å². The third kappa shape index (κ3) is 4.61. The highest BCUT2D eigenvalue weighted by atomic mass is 32.2. The molecule has 0 spiro atoms.